The fourth-order valence-electron chi connectivity index (χ4n) is 3.91. The summed E-state index contributed by atoms with van der Waals surface area (Å²) in [7, 11) is 0. The van der Waals surface area contributed by atoms with Gasteiger partial charge in [-0.1, -0.05) is 29.8 Å². The number of aromatic amines is 1. The second-order valence-electron chi connectivity index (χ2n) is 7.30. The molecule has 0 bridgehead atoms. The number of hydrogen-bond acceptors (Lipinski definition) is 3. The summed E-state index contributed by atoms with van der Waals surface area (Å²) in [5, 5.41) is 7.21. The molecule has 0 unspecified atom stereocenters. The van der Waals surface area contributed by atoms with Crippen LogP contribution in [0, 0.1) is 6.92 Å². The number of rotatable bonds is 3. The summed E-state index contributed by atoms with van der Waals surface area (Å²) >= 11 is 0. The summed E-state index contributed by atoms with van der Waals surface area (Å²) < 4.78 is 0. The van der Waals surface area contributed by atoms with Crippen LogP contribution in [-0.2, 0) is 24.2 Å². The standard InChI is InChI=1S/C20H24N4O2/c1-13-6-8-15(9-7-13)12-23-10-11-24(14(2)19(23)25)20(26)18-16-4-3-5-17(16)21-22-18/h6-9,14H,3-5,10-12H2,1-2H3,(H,21,22)/t14-/m1/s1. The SMILES string of the molecule is Cc1ccc(CN2CCN(C(=O)c3n[nH]c4c3CCC4)[C@H](C)C2=O)cc1. The van der Waals surface area contributed by atoms with Crippen molar-refractivity contribution in [3.05, 3.63) is 52.3 Å². The van der Waals surface area contributed by atoms with E-state index in [0.717, 1.165) is 36.1 Å². The summed E-state index contributed by atoms with van der Waals surface area (Å²) in [6.45, 7) is 5.54. The van der Waals surface area contributed by atoms with E-state index in [-0.39, 0.29) is 11.8 Å². The minimum absolute atomic E-state index is 0.00245. The number of piperazine rings is 1. The molecule has 2 aromatic rings. The van der Waals surface area contributed by atoms with Crippen LogP contribution >= 0.6 is 0 Å². The van der Waals surface area contributed by atoms with E-state index in [1.165, 1.54) is 5.56 Å². The predicted molar refractivity (Wildman–Crippen MR) is 97.7 cm³/mol. The highest BCUT2D eigenvalue weighted by Crippen LogP contribution is 2.25. The van der Waals surface area contributed by atoms with Crippen LogP contribution < -0.4 is 0 Å². The van der Waals surface area contributed by atoms with E-state index < -0.39 is 6.04 Å². The zero-order chi connectivity index (χ0) is 18.3. The highest BCUT2D eigenvalue weighted by Gasteiger charge is 2.37. The third-order valence-corrected chi connectivity index (χ3v) is 5.51. The Balaban J connectivity index is 1.47. The van der Waals surface area contributed by atoms with Gasteiger partial charge in [0, 0.05) is 30.9 Å². The maximum Gasteiger partial charge on any atom is 0.275 e. The van der Waals surface area contributed by atoms with Gasteiger partial charge in [0.1, 0.15) is 6.04 Å². The van der Waals surface area contributed by atoms with Crippen molar-refractivity contribution < 1.29 is 9.59 Å². The van der Waals surface area contributed by atoms with Gasteiger partial charge in [-0.2, -0.15) is 5.10 Å². The number of H-pyrrole nitrogens is 1. The lowest BCUT2D eigenvalue weighted by molar-refractivity contribution is -0.140. The summed E-state index contributed by atoms with van der Waals surface area (Å²) in [4.78, 5) is 29.3. The Hall–Kier alpha value is -2.63. The average molecular weight is 352 g/mol. The predicted octanol–water partition coefficient (Wildman–Crippen LogP) is 2.08. The summed E-state index contributed by atoms with van der Waals surface area (Å²) in [5.74, 6) is -0.127. The van der Waals surface area contributed by atoms with Crippen LogP contribution in [-0.4, -0.2) is 50.9 Å². The Bertz CT molecular complexity index is 840. The molecule has 6 heteroatoms. The van der Waals surface area contributed by atoms with Crippen LogP contribution in [0.15, 0.2) is 24.3 Å². The van der Waals surface area contributed by atoms with Gasteiger partial charge in [-0.25, -0.2) is 0 Å². The molecule has 26 heavy (non-hydrogen) atoms. The lowest BCUT2D eigenvalue weighted by Gasteiger charge is -2.39. The van der Waals surface area contributed by atoms with E-state index in [0.29, 0.717) is 25.3 Å². The van der Waals surface area contributed by atoms with Gasteiger partial charge in [-0.15, -0.1) is 0 Å². The normalized spacial score (nSPS) is 19.8. The molecule has 1 aliphatic carbocycles. The molecule has 4 rings (SSSR count). The maximum absolute atomic E-state index is 13.0. The van der Waals surface area contributed by atoms with Gasteiger partial charge in [-0.05, 0) is 38.7 Å². The van der Waals surface area contributed by atoms with E-state index in [2.05, 4.69) is 34.5 Å². The first-order chi connectivity index (χ1) is 12.5. The molecule has 0 radical (unpaired) electrons. The number of nitrogens with zero attached hydrogens (tertiary/aromatic N) is 3. The Morgan fingerprint density at radius 2 is 2.00 bits per heavy atom. The fourth-order valence-corrected chi connectivity index (χ4v) is 3.91. The number of aromatic nitrogens is 2. The number of amides is 2. The van der Waals surface area contributed by atoms with Crippen molar-refractivity contribution >= 4 is 11.8 Å². The first-order valence-corrected chi connectivity index (χ1v) is 9.26. The van der Waals surface area contributed by atoms with Crippen molar-refractivity contribution in [3.8, 4) is 0 Å². The lowest BCUT2D eigenvalue weighted by atomic mass is 10.1. The van der Waals surface area contributed by atoms with Crippen molar-refractivity contribution in [1.29, 1.82) is 0 Å². The maximum atomic E-state index is 13.0. The lowest BCUT2D eigenvalue weighted by Crippen LogP contribution is -2.57. The van der Waals surface area contributed by atoms with Crippen LogP contribution in [0.25, 0.3) is 0 Å². The van der Waals surface area contributed by atoms with Crippen molar-refractivity contribution in [3.63, 3.8) is 0 Å². The second kappa shape index (κ2) is 6.59. The van der Waals surface area contributed by atoms with Gasteiger partial charge in [0.05, 0.1) is 0 Å². The van der Waals surface area contributed by atoms with Gasteiger partial charge in [0.15, 0.2) is 5.69 Å². The Labute approximate surface area is 153 Å². The van der Waals surface area contributed by atoms with Crippen LogP contribution in [0.2, 0.25) is 0 Å². The Kier molecular flexibility index (Phi) is 4.26. The van der Waals surface area contributed by atoms with Gasteiger partial charge in [0.2, 0.25) is 5.91 Å². The third-order valence-electron chi connectivity index (χ3n) is 5.51. The number of fused-ring (bicyclic) bond motifs is 1. The third kappa shape index (κ3) is 2.89. The van der Waals surface area contributed by atoms with Crippen molar-refractivity contribution in [2.24, 2.45) is 0 Å². The zero-order valence-electron chi connectivity index (χ0n) is 15.3. The fraction of sp³-hybridized carbons (Fsp3) is 0.450. The van der Waals surface area contributed by atoms with E-state index in [1.807, 2.05) is 18.7 Å². The Morgan fingerprint density at radius 3 is 2.77 bits per heavy atom. The molecule has 0 saturated carbocycles. The first kappa shape index (κ1) is 16.8. The Morgan fingerprint density at radius 1 is 1.23 bits per heavy atom. The van der Waals surface area contributed by atoms with Gasteiger partial charge >= 0.3 is 0 Å². The number of carbonyl (C=O) groups is 2. The van der Waals surface area contributed by atoms with Crippen LogP contribution in [0.4, 0.5) is 0 Å². The zero-order valence-corrected chi connectivity index (χ0v) is 15.3. The van der Waals surface area contributed by atoms with Crippen molar-refractivity contribution in [2.45, 2.75) is 45.7 Å². The molecule has 1 saturated heterocycles. The highest BCUT2D eigenvalue weighted by molar-refractivity contribution is 5.98. The van der Waals surface area contributed by atoms with Crippen molar-refractivity contribution in [2.75, 3.05) is 13.1 Å². The smallest absolute Gasteiger partial charge is 0.275 e. The van der Waals surface area contributed by atoms with E-state index in [4.69, 9.17) is 0 Å². The van der Waals surface area contributed by atoms with Crippen LogP contribution in [0.3, 0.4) is 0 Å². The molecule has 1 fully saturated rings. The van der Waals surface area contributed by atoms with Crippen LogP contribution in [0.1, 0.15) is 46.2 Å². The van der Waals surface area contributed by atoms with Crippen molar-refractivity contribution in [1.82, 2.24) is 20.0 Å². The monoisotopic (exact) mass is 352 g/mol. The average Bonchev–Trinajstić information content (AvgIpc) is 3.24. The molecular formula is C20H24N4O2. The molecule has 1 aromatic heterocycles. The molecule has 1 aliphatic heterocycles. The molecule has 1 aromatic carbocycles. The summed E-state index contributed by atoms with van der Waals surface area (Å²) in [5.41, 5.74) is 4.93. The number of benzene rings is 1. The largest absolute Gasteiger partial charge is 0.335 e. The molecule has 136 valence electrons. The molecule has 2 aliphatic rings. The number of carbonyl (C=O) groups excluding carboxylic acids is 2. The minimum atomic E-state index is -0.463. The topological polar surface area (TPSA) is 69.3 Å². The van der Waals surface area contributed by atoms with Gasteiger partial charge in [-0.3, -0.25) is 14.7 Å². The highest BCUT2D eigenvalue weighted by atomic mass is 16.2. The molecule has 0 spiro atoms. The summed E-state index contributed by atoms with van der Waals surface area (Å²) in [6, 6.07) is 7.76. The van der Waals surface area contributed by atoms with E-state index >= 15 is 0 Å². The molecule has 2 amide bonds. The number of hydrogen-bond donors (Lipinski definition) is 1. The minimum Gasteiger partial charge on any atom is -0.335 e. The first-order valence-electron chi connectivity index (χ1n) is 9.26. The quantitative estimate of drug-likeness (QED) is 0.919. The number of nitrogens with one attached hydrogen (secondary N) is 1. The molecular weight excluding hydrogens is 328 g/mol. The van der Waals surface area contributed by atoms with E-state index in [1.54, 1.807) is 4.90 Å². The second-order valence-corrected chi connectivity index (χ2v) is 7.30. The number of aryl methyl sites for hydroxylation is 2. The van der Waals surface area contributed by atoms with Gasteiger partial charge < -0.3 is 9.80 Å². The molecule has 1 N–H and O–H groups in total. The molecule has 2 heterocycles. The van der Waals surface area contributed by atoms with Gasteiger partial charge in [0.25, 0.3) is 5.91 Å². The van der Waals surface area contributed by atoms with E-state index in [9.17, 15) is 9.59 Å². The molecule has 6 nitrogen and oxygen atoms in total. The molecule has 1 atom stereocenters. The van der Waals surface area contributed by atoms with Crippen LogP contribution in [0.5, 0.6) is 0 Å². The summed E-state index contributed by atoms with van der Waals surface area (Å²) in [6.07, 6.45) is 2.90.